The highest BCUT2D eigenvalue weighted by Crippen LogP contribution is 2.67. The molecule has 1 aromatic rings. The molecule has 0 aromatic carbocycles. The molecule has 6 atom stereocenters. The van der Waals surface area contributed by atoms with Crippen molar-refractivity contribution >= 4 is 47.9 Å². The summed E-state index contributed by atoms with van der Waals surface area (Å²) in [5.74, 6) is -0.742. The fraction of sp³-hybridized carbons (Fsp3) is 0.556. The van der Waals surface area contributed by atoms with E-state index in [-0.39, 0.29) is 4.77 Å². The number of hydrogen-bond donors (Lipinski definition) is 6. The van der Waals surface area contributed by atoms with Crippen LogP contribution < -0.4 is 0 Å². The van der Waals surface area contributed by atoms with E-state index in [1.54, 1.807) is 0 Å². The average Bonchev–Trinajstić information content (AvgIpc) is 2.71. The van der Waals surface area contributed by atoms with E-state index in [4.69, 9.17) is 43.9 Å². The quantitative estimate of drug-likeness (QED) is 0.231. The highest BCUT2D eigenvalue weighted by atomic mass is 32.1. The van der Waals surface area contributed by atoms with Crippen LogP contribution >= 0.6 is 47.9 Å². The van der Waals surface area contributed by atoms with Crippen LogP contribution in [0.2, 0.25) is 0 Å². The maximum Gasteiger partial charge on any atom is 0.490 e. The molecule has 0 radical (unpaired) electrons. The van der Waals surface area contributed by atoms with Gasteiger partial charge in [0, 0.05) is 12.1 Å². The highest BCUT2D eigenvalue weighted by Gasteiger charge is 2.48. The Kier molecular flexibility index (Phi) is 7.35. The molecule has 0 amide bonds. The zero-order chi connectivity index (χ0) is 21.5. The van der Waals surface area contributed by atoms with Crippen LogP contribution in [0.4, 0.5) is 0 Å². The van der Waals surface area contributed by atoms with Gasteiger partial charge in [-0.2, -0.15) is 8.62 Å². The number of aromatic nitrogens is 2. The maximum absolute atomic E-state index is 11.9. The molecule has 6 N–H and O–H groups in total. The largest absolute Gasteiger partial charge is 0.490 e. The maximum atomic E-state index is 11.9. The average molecular weight is 500 g/mol. The van der Waals surface area contributed by atoms with Crippen molar-refractivity contribution in [2.75, 3.05) is 0 Å². The number of nitrogens with zero attached hydrogens (tertiary/aromatic N) is 1. The first-order chi connectivity index (χ1) is 12.6. The monoisotopic (exact) mass is 500 g/mol. The van der Waals surface area contributed by atoms with Gasteiger partial charge in [0.1, 0.15) is 17.0 Å². The number of aliphatic hydroxyl groups excluding tert-OH is 1. The molecular weight excluding hydrogens is 485 g/mol. The van der Waals surface area contributed by atoms with Gasteiger partial charge in [-0.25, -0.2) is 13.7 Å². The zero-order valence-electron chi connectivity index (χ0n) is 13.7. The normalized spacial score (nSPS) is 29.9. The lowest BCUT2D eigenvalue weighted by atomic mass is 10.1. The van der Waals surface area contributed by atoms with Crippen LogP contribution in [0.5, 0.6) is 0 Å². The van der Waals surface area contributed by atoms with Gasteiger partial charge in [0.15, 0.2) is 11.1 Å². The Morgan fingerprint density at radius 3 is 2.29 bits per heavy atom. The van der Waals surface area contributed by atoms with E-state index in [1.807, 2.05) is 0 Å². The van der Waals surface area contributed by atoms with Gasteiger partial charge in [0.05, 0.1) is 0 Å². The molecule has 0 spiro atoms. The molecule has 2 heterocycles. The van der Waals surface area contributed by atoms with Crippen LogP contribution in [0.15, 0.2) is 12.3 Å². The fourth-order valence-electron chi connectivity index (χ4n) is 2.22. The van der Waals surface area contributed by atoms with Crippen LogP contribution in [0.1, 0.15) is 13.2 Å². The minimum Gasteiger partial charge on any atom is -0.387 e. The summed E-state index contributed by atoms with van der Waals surface area (Å²) in [6.07, 6.45) is -2.87. The lowest BCUT2D eigenvalue weighted by molar-refractivity contribution is -0.134. The zero-order valence-corrected chi connectivity index (χ0v) is 18.0. The van der Waals surface area contributed by atoms with Gasteiger partial charge in [-0.05, 0) is 18.3 Å². The summed E-state index contributed by atoms with van der Waals surface area (Å²) in [5, 5.41) is 10.2. The van der Waals surface area contributed by atoms with Gasteiger partial charge in [0.2, 0.25) is 0 Å². The Hall–Kier alpha value is -0.150. The predicted octanol–water partition coefficient (Wildman–Crippen LogP) is 1.47. The van der Waals surface area contributed by atoms with Gasteiger partial charge in [-0.1, -0.05) is 19.1 Å². The molecule has 3 unspecified atom stereocenters. The molecule has 0 aliphatic carbocycles. The standard InChI is InChI=1S/C9H15N2O12P3S2/c1-4-6(12)8(20-7(4)11-3-2-5(27)10-9(11)28)21-25(16,17)23-26(18,19)22-24(13,14)15/h2-4,6-8,12H,1H3,(H,16,17)(H,18,19)(H,10,27,28)(H2,13,14,15)/t4?,6-,7-,8-/m1/s1. The van der Waals surface area contributed by atoms with E-state index in [0.717, 1.165) is 0 Å². The van der Waals surface area contributed by atoms with Crippen LogP contribution in [0.3, 0.4) is 0 Å². The predicted molar refractivity (Wildman–Crippen MR) is 94.5 cm³/mol. The van der Waals surface area contributed by atoms with Crippen LogP contribution in [0.25, 0.3) is 0 Å². The van der Waals surface area contributed by atoms with E-state index in [2.05, 4.69) is 18.1 Å². The van der Waals surface area contributed by atoms with Crippen molar-refractivity contribution < 1.29 is 56.3 Å². The van der Waals surface area contributed by atoms with Gasteiger partial charge >= 0.3 is 23.5 Å². The molecule has 1 aromatic heterocycles. The topological polar surface area (TPSA) is 210 Å². The fourth-order valence-corrected chi connectivity index (χ4v) is 5.82. The van der Waals surface area contributed by atoms with E-state index in [0.29, 0.717) is 4.64 Å². The summed E-state index contributed by atoms with van der Waals surface area (Å²) >= 11 is 10.0. The van der Waals surface area contributed by atoms with Crippen molar-refractivity contribution in [2.24, 2.45) is 5.92 Å². The summed E-state index contributed by atoms with van der Waals surface area (Å²) in [7, 11) is -16.7. The van der Waals surface area contributed by atoms with Crippen LogP contribution in [-0.2, 0) is 31.6 Å². The molecule has 1 aliphatic heterocycles. The van der Waals surface area contributed by atoms with Gasteiger partial charge in [-0.3, -0.25) is 9.09 Å². The molecule has 14 nitrogen and oxygen atoms in total. The lowest BCUT2D eigenvalue weighted by Crippen LogP contribution is -2.27. The molecule has 0 saturated carbocycles. The second-order valence-electron chi connectivity index (χ2n) is 5.46. The SMILES string of the molecule is CC1[C@@H](O)[C@@H](OP(=O)(O)OP(=O)(O)OP(=O)(O)O)O[C@H]1n1ccc(=S)[nH]c1=S. The van der Waals surface area contributed by atoms with Crippen molar-refractivity contribution in [1.29, 1.82) is 0 Å². The molecule has 1 saturated heterocycles. The van der Waals surface area contributed by atoms with E-state index < -0.39 is 48.0 Å². The summed E-state index contributed by atoms with van der Waals surface area (Å²) < 4.78 is 52.7. The van der Waals surface area contributed by atoms with Crippen LogP contribution in [0, 0.1) is 15.3 Å². The molecule has 160 valence electrons. The van der Waals surface area contributed by atoms with Gasteiger partial charge in [-0.15, -0.1) is 0 Å². The first kappa shape index (κ1) is 24.1. The first-order valence-electron chi connectivity index (χ1n) is 7.07. The Balaban J connectivity index is 2.16. The Morgan fingerprint density at radius 2 is 1.75 bits per heavy atom. The summed E-state index contributed by atoms with van der Waals surface area (Å²) in [6, 6.07) is 1.48. The smallest absolute Gasteiger partial charge is 0.387 e. The second kappa shape index (κ2) is 8.53. The summed E-state index contributed by atoms with van der Waals surface area (Å²) in [5.41, 5.74) is 0. The number of phosphoric acid groups is 3. The van der Waals surface area contributed by atoms with Gasteiger partial charge in [0.25, 0.3) is 0 Å². The third-order valence-corrected chi connectivity index (χ3v) is 7.67. The number of nitrogens with one attached hydrogen (secondary N) is 1. The Bertz CT molecular complexity index is 989. The van der Waals surface area contributed by atoms with E-state index in [1.165, 1.54) is 23.8 Å². The number of hydrogen-bond acceptors (Lipinski definition) is 10. The van der Waals surface area contributed by atoms with Crippen molar-refractivity contribution in [3.8, 4) is 0 Å². The van der Waals surface area contributed by atoms with Crippen molar-refractivity contribution in [3.63, 3.8) is 0 Å². The molecule has 19 heteroatoms. The molecule has 1 fully saturated rings. The lowest BCUT2D eigenvalue weighted by Gasteiger charge is -2.20. The number of ether oxygens (including phenoxy) is 1. The molecule has 28 heavy (non-hydrogen) atoms. The van der Waals surface area contributed by atoms with Crippen LogP contribution in [-0.4, -0.2) is 46.6 Å². The molecule has 1 aliphatic rings. The number of phosphoric ester groups is 1. The molecular formula is C9H15N2O12P3S2. The van der Waals surface area contributed by atoms with Crippen molar-refractivity contribution in [3.05, 3.63) is 21.7 Å². The number of rotatable bonds is 7. The van der Waals surface area contributed by atoms with Gasteiger partial charge < -0.3 is 34.4 Å². The molecule has 0 bridgehead atoms. The van der Waals surface area contributed by atoms with E-state index in [9.17, 15) is 23.7 Å². The third kappa shape index (κ3) is 6.42. The van der Waals surface area contributed by atoms with Crippen molar-refractivity contribution in [1.82, 2.24) is 9.55 Å². The minimum absolute atomic E-state index is 0.121. The molecule has 2 rings (SSSR count). The minimum atomic E-state index is -5.69. The first-order valence-corrected chi connectivity index (χ1v) is 12.4. The number of aliphatic hydroxyl groups is 1. The number of H-pyrrole nitrogens is 1. The Morgan fingerprint density at radius 1 is 1.14 bits per heavy atom. The second-order valence-corrected chi connectivity index (χ2v) is 10.7. The third-order valence-electron chi connectivity index (χ3n) is 3.32. The number of aromatic amines is 1. The Labute approximate surface area is 167 Å². The van der Waals surface area contributed by atoms with Crippen molar-refractivity contribution in [2.45, 2.75) is 25.5 Å². The van der Waals surface area contributed by atoms with E-state index >= 15 is 0 Å². The summed E-state index contributed by atoms with van der Waals surface area (Å²) in [4.78, 5) is 38.4. The summed E-state index contributed by atoms with van der Waals surface area (Å²) in [6.45, 7) is 1.50. The highest BCUT2D eigenvalue weighted by molar-refractivity contribution is 7.72.